The number of nitrogens with zero attached hydrogens (tertiary/aromatic N) is 2. The summed E-state index contributed by atoms with van der Waals surface area (Å²) in [6, 6.07) is 6.03. The molecule has 3 unspecified atom stereocenters. The molecule has 25 heavy (non-hydrogen) atoms. The molecule has 2 aliphatic rings. The van der Waals surface area contributed by atoms with E-state index in [2.05, 4.69) is 21.6 Å². The van der Waals surface area contributed by atoms with Gasteiger partial charge in [-0.05, 0) is 26.1 Å². The Morgan fingerprint density at radius 1 is 1.20 bits per heavy atom. The second-order valence-corrected chi connectivity index (χ2v) is 8.72. The molecule has 0 radical (unpaired) electrons. The van der Waals surface area contributed by atoms with E-state index < -0.39 is 22.2 Å². The summed E-state index contributed by atoms with van der Waals surface area (Å²) in [5.41, 5.74) is 0.996. The SMILES string of the molecule is Cc1ccc(S(=O)(=O)NC2COC(CN3CCN(C)CC3)C2O)cc1. The van der Waals surface area contributed by atoms with Crippen LogP contribution >= 0.6 is 0 Å². The molecule has 1 aromatic carbocycles. The summed E-state index contributed by atoms with van der Waals surface area (Å²) in [6.45, 7) is 6.56. The summed E-state index contributed by atoms with van der Waals surface area (Å²) in [6.07, 6.45) is -1.21. The van der Waals surface area contributed by atoms with Gasteiger partial charge in [-0.3, -0.25) is 4.90 Å². The van der Waals surface area contributed by atoms with E-state index in [0.29, 0.717) is 6.54 Å². The van der Waals surface area contributed by atoms with Crippen LogP contribution < -0.4 is 4.72 Å². The van der Waals surface area contributed by atoms with Crippen LogP contribution in [-0.4, -0.2) is 88.0 Å². The fourth-order valence-corrected chi connectivity index (χ4v) is 4.45. The predicted molar refractivity (Wildman–Crippen MR) is 95.0 cm³/mol. The summed E-state index contributed by atoms with van der Waals surface area (Å²) in [4.78, 5) is 4.72. The first-order chi connectivity index (χ1) is 11.8. The highest BCUT2D eigenvalue weighted by molar-refractivity contribution is 7.89. The average molecular weight is 369 g/mol. The van der Waals surface area contributed by atoms with Crippen molar-refractivity contribution in [2.24, 2.45) is 0 Å². The van der Waals surface area contributed by atoms with E-state index in [1.54, 1.807) is 24.3 Å². The minimum Gasteiger partial charge on any atom is -0.389 e. The summed E-state index contributed by atoms with van der Waals surface area (Å²) in [7, 11) is -1.58. The highest BCUT2D eigenvalue weighted by atomic mass is 32.2. The maximum absolute atomic E-state index is 12.5. The Labute approximate surface area is 149 Å². The lowest BCUT2D eigenvalue weighted by Gasteiger charge is -2.34. The van der Waals surface area contributed by atoms with E-state index in [0.717, 1.165) is 31.7 Å². The number of aryl methyl sites for hydroxylation is 1. The number of hydrogen-bond donors (Lipinski definition) is 2. The Kier molecular flexibility index (Phi) is 5.77. The van der Waals surface area contributed by atoms with Crippen LogP contribution in [-0.2, 0) is 14.8 Å². The number of aliphatic hydroxyl groups excluding tert-OH is 1. The number of likely N-dealkylation sites (N-methyl/N-ethyl adjacent to an activating group) is 1. The zero-order valence-corrected chi connectivity index (χ0v) is 15.6. The summed E-state index contributed by atoms with van der Waals surface area (Å²) in [5.74, 6) is 0. The molecule has 3 rings (SSSR count). The number of rotatable bonds is 5. The van der Waals surface area contributed by atoms with E-state index in [-0.39, 0.29) is 17.6 Å². The molecule has 0 spiro atoms. The molecule has 1 aromatic rings. The van der Waals surface area contributed by atoms with Crippen LogP contribution in [0.15, 0.2) is 29.2 Å². The normalized spacial score (nSPS) is 29.2. The lowest BCUT2D eigenvalue weighted by Crippen LogP contribution is -2.50. The van der Waals surface area contributed by atoms with E-state index in [1.807, 2.05) is 6.92 Å². The summed E-state index contributed by atoms with van der Waals surface area (Å²) < 4.78 is 33.2. The molecule has 2 aliphatic heterocycles. The molecule has 0 aromatic heterocycles. The number of ether oxygens (including phenoxy) is 1. The van der Waals surface area contributed by atoms with Gasteiger partial charge in [-0.25, -0.2) is 13.1 Å². The molecule has 0 aliphatic carbocycles. The molecule has 8 heteroatoms. The Hall–Kier alpha value is -1.03. The van der Waals surface area contributed by atoms with Crippen LogP contribution in [0.1, 0.15) is 5.56 Å². The van der Waals surface area contributed by atoms with Gasteiger partial charge in [0.2, 0.25) is 10.0 Å². The van der Waals surface area contributed by atoms with Crippen LogP contribution in [0.5, 0.6) is 0 Å². The van der Waals surface area contributed by atoms with Crippen molar-refractivity contribution in [2.45, 2.75) is 30.1 Å². The average Bonchev–Trinajstić information content (AvgIpc) is 2.90. The van der Waals surface area contributed by atoms with Crippen molar-refractivity contribution in [1.29, 1.82) is 0 Å². The topological polar surface area (TPSA) is 82.1 Å². The number of nitrogens with one attached hydrogen (secondary N) is 1. The maximum atomic E-state index is 12.5. The Morgan fingerprint density at radius 2 is 1.84 bits per heavy atom. The molecule has 0 saturated carbocycles. The zero-order valence-electron chi connectivity index (χ0n) is 14.8. The first-order valence-electron chi connectivity index (χ1n) is 8.65. The fraction of sp³-hybridized carbons (Fsp3) is 0.647. The zero-order chi connectivity index (χ0) is 18.0. The molecule has 2 saturated heterocycles. The standard InChI is InChI=1S/C17H27N3O4S/c1-13-3-5-14(6-4-13)25(22,23)18-15-12-24-16(17(15)21)11-20-9-7-19(2)8-10-20/h3-6,15-18,21H,7-12H2,1-2H3. The van der Waals surface area contributed by atoms with Crippen molar-refractivity contribution in [3.05, 3.63) is 29.8 Å². The third-order valence-corrected chi connectivity index (χ3v) is 6.46. The van der Waals surface area contributed by atoms with E-state index in [9.17, 15) is 13.5 Å². The number of hydrogen-bond acceptors (Lipinski definition) is 6. The quantitative estimate of drug-likeness (QED) is 0.738. The summed E-state index contributed by atoms with van der Waals surface area (Å²) >= 11 is 0. The highest BCUT2D eigenvalue weighted by Gasteiger charge is 2.39. The molecule has 2 N–H and O–H groups in total. The van der Waals surface area contributed by atoms with Gasteiger partial charge < -0.3 is 14.7 Å². The highest BCUT2D eigenvalue weighted by Crippen LogP contribution is 2.19. The van der Waals surface area contributed by atoms with Gasteiger partial charge in [0.15, 0.2) is 0 Å². The van der Waals surface area contributed by atoms with Gasteiger partial charge in [0.1, 0.15) is 0 Å². The van der Waals surface area contributed by atoms with Crippen molar-refractivity contribution < 1.29 is 18.3 Å². The Bertz CT molecular complexity index is 672. The molecule has 3 atom stereocenters. The van der Waals surface area contributed by atoms with Gasteiger partial charge in [-0.1, -0.05) is 17.7 Å². The van der Waals surface area contributed by atoms with Crippen LogP contribution in [0.4, 0.5) is 0 Å². The molecular formula is C17H27N3O4S. The van der Waals surface area contributed by atoms with Gasteiger partial charge in [0, 0.05) is 32.7 Å². The first-order valence-corrected chi connectivity index (χ1v) is 10.1. The monoisotopic (exact) mass is 369 g/mol. The molecular weight excluding hydrogens is 342 g/mol. The van der Waals surface area contributed by atoms with Crippen LogP contribution in [0.2, 0.25) is 0 Å². The Balaban J connectivity index is 1.58. The second-order valence-electron chi connectivity index (χ2n) is 7.01. The molecule has 0 amide bonds. The molecule has 0 bridgehead atoms. The van der Waals surface area contributed by atoms with Crippen molar-refractivity contribution in [3.63, 3.8) is 0 Å². The second kappa shape index (κ2) is 7.69. The van der Waals surface area contributed by atoms with E-state index in [4.69, 9.17) is 4.74 Å². The van der Waals surface area contributed by atoms with Gasteiger partial charge in [0.05, 0.1) is 29.8 Å². The van der Waals surface area contributed by atoms with Gasteiger partial charge in [-0.2, -0.15) is 0 Å². The van der Waals surface area contributed by atoms with Gasteiger partial charge >= 0.3 is 0 Å². The van der Waals surface area contributed by atoms with E-state index >= 15 is 0 Å². The first kappa shape index (κ1) is 18.8. The van der Waals surface area contributed by atoms with Crippen LogP contribution in [0, 0.1) is 6.92 Å². The molecule has 2 heterocycles. The van der Waals surface area contributed by atoms with E-state index in [1.165, 1.54) is 0 Å². The smallest absolute Gasteiger partial charge is 0.240 e. The third kappa shape index (κ3) is 4.58. The minimum absolute atomic E-state index is 0.185. The summed E-state index contributed by atoms with van der Waals surface area (Å²) in [5, 5.41) is 10.5. The van der Waals surface area contributed by atoms with Crippen LogP contribution in [0.3, 0.4) is 0 Å². The number of sulfonamides is 1. The molecule has 7 nitrogen and oxygen atoms in total. The van der Waals surface area contributed by atoms with Crippen molar-refractivity contribution in [1.82, 2.24) is 14.5 Å². The number of benzene rings is 1. The maximum Gasteiger partial charge on any atom is 0.240 e. The largest absolute Gasteiger partial charge is 0.389 e. The lowest BCUT2D eigenvalue weighted by atomic mass is 10.1. The van der Waals surface area contributed by atoms with Crippen molar-refractivity contribution >= 4 is 10.0 Å². The molecule has 140 valence electrons. The lowest BCUT2D eigenvalue weighted by molar-refractivity contribution is 0.00636. The van der Waals surface area contributed by atoms with Crippen molar-refractivity contribution in [2.75, 3.05) is 46.4 Å². The predicted octanol–water partition coefficient (Wildman–Crippen LogP) is -0.351. The minimum atomic E-state index is -3.67. The van der Waals surface area contributed by atoms with Gasteiger partial charge in [0.25, 0.3) is 0 Å². The Morgan fingerprint density at radius 3 is 2.48 bits per heavy atom. The molecule has 2 fully saturated rings. The number of piperazine rings is 1. The van der Waals surface area contributed by atoms with Crippen molar-refractivity contribution in [3.8, 4) is 0 Å². The number of aliphatic hydroxyl groups is 1. The van der Waals surface area contributed by atoms with Crippen LogP contribution in [0.25, 0.3) is 0 Å². The van der Waals surface area contributed by atoms with Gasteiger partial charge in [-0.15, -0.1) is 0 Å². The third-order valence-electron chi connectivity index (χ3n) is 4.95. The fourth-order valence-electron chi connectivity index (χ4n) is 3.22.